The summed E-state index contributed by atoms with van der Waals surface area (Å²) in [6.07, 6.45) is 1.69. The molecule has 1 saturated heterocycles. The SMILES string of the molecule is CCN(C(=O)Nc1ccc(OC)c(Cl)c1)C1CCOC(C)(C)C1. The molecule has 2 amide bonds. The first-order valence-corrected chi connectivity index (χ1v) is 8.29. The van der Waals surface area contributed by atoms with Gasteiger partial charge in [0, 0.05) is 24.9 Å². The van der Waals surface area contributed by atoms with E-state index in [4.69, 9.17) is 21.1 Å². The summed E-state index contributed by atoms with van der Waals surface area (Å²) in [5.41, 5.74) is 0.464. The van der Waals surface area contributed by atoms with Gasteiger partial charge in [0.05, 0.1) is 17.7 Å². The van der Waals surface area contributed by atoms with Gasteiger partial charge in [-0.3, -0.25) is 0 Å². The highest BCUT2D eigenvalue weighted by atomic mass is 35.5. The smallest absolute Gasteiger partial charge is 0.322 e. The Labute approximate surface area is 142 Å². The van der Waals surface area contributed by atoms with Crippen LogP contribution in [0.4, 0.5) is 10.5 Å². The van der Waals surface area contributed by atoms with E-state index < -0.39 is 0 Å². The lowest BCUT2D eigenvalue weighted by atomic mass is 9.93. The Morgan fingerprint density at radius 2 is 2.26 bits per heavy atom. The van der Waals surface area contributed by atoms with E-state index in [0.29, 0.717) is 29.6 Å². The van der Waals surface area contributed by atoms with Crippen molar-refractivity contribution in [2.45, 2.75) is 45.3 Å². The van der Waals surface area contributed by atoms with E-state index in [1.807, 2.05) is 11.8 Å². The molecule has 1 atom stereocenters. The number of carbonyl (C=O) groups is 1. The Balaban J connectivity index is 2.06. The van der Waals surface area contributed by atoms with E-state index in [9.17, 15) is 4.79 Å². The maximum Gasteiger partial charge on any atom is 0.322 e. The number of urea groups is 1. The largest absolute Gasteiger partial charge is 0.495 e. The topological polar surface area (TPSA) is 50.8 Å². The lowest BCUT2D eigenvalue weighted by Gasteiger charge is -2.40. The number of amides is 2. The Kier molecular flexibility index (Phi) is 5.76. The fourth-order valence-electron chi connectivity index (χ4n) is 2.97. The molecule has 1 aromatic carbocycles. The molecule has 1 unspecified atom stereocenters. The molecule has 1 aromatic rings. The van der Waals surface area contributed by atoms with Gasteiger partial charge in [0.1, 0.15) is 5.75 Å². The first-order chi connectivity index (χ1) is 10.9. The second kappa shape index (κ2) is 7.41. The van der Waals surface area contributed by atoms with Crippen LogP contribution in [0.15, 0.2) is 18.2 Å². The third kappa shape index (κ3) is 4.52. The van der Waals surface area contributed by atoms with Gasteiger partial charge in [0.15, 0.2) is 0 Å². The zero-order valence-corrected chi connectivity index (χ0v) is 14.9. The number of ether oxygens (including phenoxy) is 2. The molecule has 0 aromatic heterocycles. The molecule has 0 bridgehead atoms. The van der Waals surface area contributed by atoms with Gasteiger partial charge in [0.25, 0.3) is 0 Å². The van der Waals surface area contributed by atoms with Crippen LogP contribution >= 0.6 is 11.6 Å². The highest BCUT2D eigenvalue weighted by molar-refractivity contribution is 6.32. The van der Waals surface area contributed by atoms with Gasteiger partial charge in [-0.15, -0.1) is 0 Å². The lowest BCUT2D eigenvalue weighted by molar-refractivity contribution is -0.0758. The molecular formula is C17H25ClN2O3. The third-order valence-electron chi connectivity index (χ3n) is 4.12. The fraction of sp³-hybridized carbons (Fsp3) is 0.588. The van der Waals surface area contributed by atoms with Gasteiger partial charge < -0.3 is 19.7 Å². The molecule has 0 spiro atoms. The molecule has 0 radical (unpaired) electrons. The number of methoxy groups -OCH3 is 1. The normalized spacial score (nSPS) is 20.0. The van der Waals surface area contributed by atoms with Crippen molar-refractivity contribution in [1.82, 2.24) is 4.90 Å². The second-order valence-electron chi connectivity index (χ2n) is 6.32. The first kappa shape index (κ1) is 17.9. The summed E-state index contributed by atoms with van der Waals surface area (Å²) >= 11 is 6.11. The molecule has 0 saturated carbocycles. The van der Waals surface area contributed by atoms with E-state index in [-0.39, 0.29) is 17.7 Å². The summed E-state index contributed by atoms with van der Waals surface area (Å²) in [5, 5.41) is 3.39. The molecule has 1 aliphatic heterocycles. The summed E-state index contributed by atoms with van der Waals surface area (Å²) < 4.78 is 10.9. The Hall–Kier alpha value is -1.46. The van der Waals surface area contributed by atoms with Crippen LogP contribution in [-0.4, -0.2) is 42.8 Å². The summed E-state index contributed by atoms with van der Waals surface area (Å²) in [5.74, 6) is 0.586. The fourth-order valence-corrected chi connectivity index (χ4v) is 3.23. The van der Waals surface area contributed by atoms with E-state index >= 15 is 0 Å². The number of anilines is 1. The summed E-state index contributed by atoms with van der Waals surface area (Å²) in [6.45, 7) is 7.44. The highest BCUT2D eigenvalue weighted by Crippen LogP contribution is 2.29. The van der Waals surface area contributed by atoms with Crippen LogP contribution in [0.1, 0.15) is 33.6 Å². The van der Waals surface area contributed by atoms with Gasteiger partial charge in [-0.25, -0.2) is 4.79 Å². The van der Waals surface area contributed by atoms with E-state index in [0.717, 1.165) is 12.8 Å². The zero-order chi connectivity index (χ0) is 17.0. The molecular weight excluding hydrogens is 316 g/mol. The van der Waals surface area contributed by atoms with Gasteiger partial charge in [-0.1, -0.05) is 11.6 Å². The highest BCUT2D eigenvalue weighted by Gasteiger charge is 2.33. The zero-order valence-electron chi connectivity index (χ0n) is 14.2. The standard InChI is InChI=1S/C17H25ClN2O3/c1-5-20(13-8-9-23-17(2,3)11-13)16(21)19-12-6-7-15(22-4)14(18)10-12/h6-7,10,13H,5,8-9,11H2,1-4H3,(H,19,21). The Morgan fingerprint density at radius 1 is 1.52 bits per heavy atom. The number of carbonyl (C=O) groups excluding carboxylic acids is 1. The summed E-state index contributed by atoms with van der Waals surface area (Å²) in [4.78, 5) is 14.5. The van der Waals surface area contributed by atoms with Crippen LogP contribution in [0, 0.1) is 0 Å². The predicted octanol–water partition coefficient (Wildman–Crippen LogP) is 4.16. The van der Waals surface area contributed by atoms with Crippen molar-refractivity contribution in [1.29, 1.82) is 0 Å². The molecule has 6 heteroatoms. The number of hydrogen-bond donors (Lipinski definition) is 1. The summed E-state index contributed by atoms with van der Waals surface area (Å²) in [6, 6.07) is 5.28. The molecule has 128 valence electrons. The molecule has 2 rings (SSSR count). The van der Waals surface area contributed by atoms with E-state index in [1.165, 1.54) is 0 Å². The average Bonchev–Trinajstić information content (AvgIpc) is 2.47. The third-order valence-corrected chi connectivity index (χ3v) is 4.41. The van der Waals surface area contributed by atoms with E-state index in [2.05, 4.69) is 19.2 Å². The number of benzene rings is 1. The summed E-state index contributed by atoms with van der Waals surface area (Å²) in [7, 11) is 1.56. The number of nitrogens with zero attached hydrogens (tertiary/aromatic N) is 1. The van der Waals surface area contributed by atoms with Crippen molar-refractivity contribution in [3.05, 3.63) is 23.2 Å². The number of rotatable bonds is 4. The predicted molar refractivity (Wildman–Crippen MR) is 92.5 cm³/mol. The number of halogens is 1. The Morgan fingerprint density at radius 3 is 2.83 bits per heavy atom. The quantitative estimate of drug-likeness (QED) is 0.895. The molecule has 23 heavy (non-hydrogen) atoms. The monoisotopic (exact) mass is 340 g/mol. The first-order valence-electron chi connectivity index (χ1n) is 7.91. The molecule has 1 N–H and O–H groups in total. The van der Waals surface area contributed by atoms with Crippen LogP contribution in [0.5, 0.6) is 5.75 Å². The van der Waals surface area contributed by atoms with Gasteiger partial charge in [-0.05, 0) is 51.8 Å². The van der Waals surface area contributed by atoms with Crippen molar-refractivity contribution >= 4 is 23.3 Å². The maximum absolute atomic E-state index is 12.6. The maximum atomic E-state index is 12.6. The average molecular weight is 341 g/mol. The van der Waals surface area contributed by atoms with Crippen LogP contribution in [0.2, 0.25) is 5.02 Å². The van der Waals surface area contributed by atoms with Crippen LogP contribution < -0.4 is 10.1 Å². The van der Waals surface area contributed by atoms with Crippen molar-refractivity contribution < 1.29 is 14.3 Å². The molecule has 1 aliphatic rings. The van der Waals surface area contributed by atoms with Crippen molar-refractivity contribution in [2.75, 3.05) is 25.6 Å². The lowest BCUT2D eigenvalue weighted by Crippen LogP contribution is -2.49. The minimum atomic E-state index is -0.194. The molecule has 1 fully saturated rings. The van der Waals surface area contributed by atoms with Gasteiger partial charge >= 0.3 is 6.03 Å². The van der Waals surface area contributed by atoms with Gasteiger partial charge in [-0.2, -0.15) is 0 Å². The minimum absolute atomic E-state index is 0.114. The van der Waals surface area contributed by atoms with Crippen LogP contribution in [-0.2, 0) is 4.74 Å². The molecule has 1 heterocycles. The molecule has 0 aliphatic carbocycles. The van der Waals surface area contributed by atoms with Crippen LogP contribution in [0.3, 0.4) is 0 Å². The number of hydrogen-bond acceptors (Lipinski definition) is 3. The molecule has 5 nitrogen and oxygen atoms in total. The Bertz CT molecular complexity index is 563. The van der Waals surface area contributed by atoms with Crippen LogP contribution in [0.25, 0.3) is 0 Å². The second-order valence-corrected chi connectivity index (χ2v) is 6.73. The van der Waals surface area contributed by atoms with Gasteiger partial charge in [0.2, 0.25) is 0 Å². The van der Waals surface area contributed by atoms with Crippen molar-refractivity contribution in [2.24, 2.45) is 0 Å². The number of nitrogens with one attached hydrogen (secondary N) is 1. The van der Waals surface area contributed by atoms with Crippen molar-refractivity contribution in [3.63, 3.8) is 0 Å². The van der Waals surface area contributed by atoms with Crippen molar-refractivity contribution in [3.8, 4) is 5.75 Å². The van der Waals surface area contributed by atoms with E-state index in [1.54, 1.807) is 25.3 Å². The minimum Gasteiger partial charge on any atom is -0.495 e.